The highest BCUT2D eigenvalue weighted by Crippen LogP contribution is 2.29. The van der Waals surface area contributed by atoms with Gasteiger partial charge in [-0.1, -0.05) is 102 Å². The number of nitrogens with one attached hydrogen (secondary N) is 1. The first-order valence-electron chi connectivity index (χ1n) is 15.7. The number of hydrogen-bond donors (Lipinski definition) is 1. The van der Waals surface area contributed by atoms with Crippen LogP contribution in [0.15, 0.2) is 102 Å². The van der Waals surface area contributed by atoms with E-state index in [0.717, 1.165) is 39.8 Å². The number of amides is 2. The van der Waals surface area contributed by atoms with Crippen molar-refractivity contribution in [3.8, 4) is 0 Å². The fraction of sp³-hybridized carbons (Fsp3) is 0.316. The van der Waals surface area contributed by atoms with Gasteiger partial charge in [0.15, 0.2) is 0 Å². The Morgan fingerprint density at radius 3 is 1.93 bits per heavy atom. The molecular weight excluding hydrogens is 595 g/mol. The van der Waals surface area contributed by atoms with Crippen LogP contribution in [0.3, 0.4) is 0 Å². The highest BCUT2D eigenvalue weighted by molar-refractivity contribution is 7.92. The van der Waals surface area contributed by atoms with Gasteiger partial charge >= 0.3 is 0 Å². The van der Waals surface area contributed by atoms with Crippen molar-refractivity contribution in [1.29, 1.82) is 0 Å². The van der Waals surface area contributed by atoms with Crippen molar-refractivity contribution in [2.45, 2.75) is 77.9 Å². The van der Waals surface area contributed by atoms with Crippen LogP contribution in [0.2, 0.25) is 0 Å². The Bertz CT molecular complexity index is 1740. The molecule has 0 radical (unpaired) electrons. The molecular formula is C38H45N3O4S. The molecule has 0 fully saturated rings. The Kier molecular flexibility index (Phi) is 11.4. The van der Waals surface area contributed by atoms with E-state index in [1.165, 1.54) is 9.21 Å². The minimum atomic E-state index is -4.16. The zero-order valence-corrected chi connectivity index (χ0v) is 28.5. The summed E-state index contributed by atoms with van der Waals surface area (Å²) in [5, 5.41) is 3.08. The number of sulfonamides is 1. The van der Waals surface area contributed by atoms with Gasteiger partial charge in [0, 0.05) is 19.0 Å². The lowest BCUT2D eigenvalue weighted by Crippen LogP contribution is -2.54. The Morgan fingerprint density at radius 2 is 1.35 bits per heavy atom. The smallest absolute Gasteiger partial charge is 0.264 e. The molecule has 7 nitrogen and oxygen atoms in total. The lowest BCUT2D eigenvalue weighted by atomic mass is 10.0. The molecule has 1 N–H and O–H groups in total. The highest BCUT2D eigenvalue weighted by Gasteiger charge is 2.35. The number of benzene rings is 4. The van der Waals surface area contributed by atoms with Gasteiger partial charge in [-0.05, 0) is 75.9 Å². The topological polar surface area (TPSA) is 86.8 Å². The number of nitrogens with zero attached hydrogens (tertiary/aromatic N) is 2. The van der Waals surface area contributed by atoms with Crippen LogP contribution in [-0.4, -0.2) is 43.8 Å². The molecule has 4 rings (SSSR count). The Balaban J connectivity index is 1.83. The summed E-state index contributed by atoms with van der Waals surface area (Å²) in [4.78, 5) is 30.2. The maximum absolute atomic E-state index is 14.6. The van der Waals surface area contributed by atoms with Gasteiger partial charge in [0.2, 0.25) is 11.8 Å². The second kappa shape index (κ2) is 15.2. The first kappa shape index (κ1) is 34.4. The van der Waals surface area contributed by atoms with Crippen molar-refractivity contribution in [3.05, 3.63) is 130 Å². The second-order valence-electron chi connectivity index (χ2n) is 12.1. The van der Waals surface area contributed by atoms with Gasteiger partial charge < -0.3 is 10.2 Å². The molecule has 0 aliphatic carbocycles. The number of carbonyl (C=O) groups is 2. The van der Waals surface area contributed by atoms with E-state index in [1.54, 1.807) is 30.3 Å². The zero-order chi connectivity index (χ0) is 33.4. The molecule has 46 heavy (non-hydrogen) atoms. The standard InChI is InChI=1S/C38H45N3O4S/c1-7-31(6)39-38(43)36(24-32-11-9-8-10-12-32)40(25-33-18-13-27(2)14-19-33)37(42)26-41(35-22-17-29(4)23-30(35)5)46(44,45)34-20-15-28(3)16-21-34/h8-23,31,36H,7,24-26H2,1-6H3,(H,39,43). The van der Waals surface area contributed by atoms with Gasteiger partial charge in [0.1, 0.15) is 12.6 Å². The van der Waals surface area contributed by atoms with Crippen LogP contribution >= 0.6 is 0 Å². The second-order valence-corrected chi connectivity index (χ2v) is 14.0. The third kappa shape index (κ3) is 8.63. The molecule has 2 atom stereocenters. The van der Waals surface area contributed by atoms with Crippen LogP contribution in [0.4, 0.5) is 5.69 Å². The van der Waals surface area contributed by atoms with Crippen LogP contribution in [0.1, 0.15) is 53.6 Å². The van der Waals surface area contributed by atoms with Crippen molar-refractivity contribution < 1.29 is 18.0 Å². The molecule has 0 aliphatic heterocycles. The van der Waals surface area contributed by atoms with Crippen molar-refractivity contribution in [2.24, 2.45) is 0 Å². The lowest BCUT2D eigenvalue weighted by Gasteiger charge is -2.34. The fourth-order valence-electron chi connectivity index (χ4n) is 5.32. The number of carbonyl (C=O) groups excluding carboxylic acids is 2. The predicted molar refractivity (Wildman–Crippen MR) is 185 cm³/mol. The van der Waals surface area contributed by atoms with Crippen LogP contribution in [0.5, 0.6) is 0 Å². The first-order valence-corrected chi connectivity index (χ1v) is 17.2. The third-order valence-corrected chi connectivity index (χ3v) is 10.0. The average Bonchev–Trinajstić information content (AvgIpc) is 3.03. The Hall–Kier alpha value is -4.43. The van der Waals surface area contributed by atoms with E-state index in [-0.39, 0.29) is 29.8 Å². The minimum Gasteiger partial charge on any atom is -0.352 e. The molecule has 0 aromatic heterocycles. The lowest BCUT2D eigenvalue weighted by molar-refractivity contribution is -0.140. The van der Waals surface area contributed by atoms with Crippen molar-refractivity contribution in [2.75, 3.05) is 10.8 Å². The molecule has 2 unspecified atom stereocenters. The molecule has 242 valence electrons. The molecule has 0 heterocycles. The largest absolute Gasteiger partial charge is 0.352 e. The molecule has 2 amide bonds. The van der Waals surface area contributed by atoms with Crippen LogP contribution in [0, 0.1) is 27.7 Å². The van der Waals surface area contributed by atoms with Gasteiger partial charge in [-0.2, -0.15) is 0 Å². The number of anilines is 1. The Labute approximate surface area is 274 Å². The van der Waals surface area contributed by atoms with Crippen molar-refractivity contribution >= 4 is 27.5 Å². The summed E-state index contributed by atoms with van der Waals surface area (Å²) in [5.41, 5.74) is 5.85. The molecule has 8 heteroatoms. The molecule has 0 spiro atoms. The van der Waals surface area contributed by atoms with Gasteiger partial charge in [-0.3, -0.25) is 13.9 Å². The van der Waals surface area contributed by atoms with Crippen molar-refractivity contribution in [1.82, 2.24) is 10.2 Å². The molecule has 0 bridgehead atoms. The average molecular weight is 640 g/mol. The zero-order valence-electron chi connectivity index (χ0n) is 27.7. The van der Waals surface area contributed by atoms with Gasteiger partial charge in [-0.25, -0.2) is 8.42 Å². The minimum absolute atomic E-state index is 0.0892. The van der Waals surface area contributed by atoms with Crippen LogP contribution in [0.25, 0.3) is 0 Å². The normalized spacial score (nSPS) is 12.7. The number of aryl methyl sites for hydroxylation is 4. The molecule has 0 aliphatic rings. The monoisotopic (exact) mass is 639 g/mol. The molecule has 0 saturated heterocycles. The molecule has 4 aromatic carbocycles. The van der Waals surface area contributed by atoms with Gasteiger partial charge in [0.25, 0.3) is 10.0 Å². The van der Waals surface area contributed by atoms with Crippen LogP contribution in [-0.2, 0) is 32.6 Å². The molecule has 4 aromatic rings. The van der Waals surface area contributed by atoms with E-state index < -0.39 is 28.5 Å². The summed E-state index contributed by atoms with van der Waals surface area (Å²) in [6, 6.07) is 28.5. The summed E-state index contributed by atoms with van der Waals surface area (Å²) >= 11 is 0. The van der Waals surface area contributed by atoms with E-state index in [9.17, 15) is 18.0 Å². The SMILES string of the molecule is CCC(C)NC(=O)C(Cc1ccccc1)N(Cc1ccc(C)cc1)C(=O)CN(c1ccc(C)cc1C)S(=O)(=O)c1ccc(C)cc1. The van der Waals surface area contributed by atoms with E-state index in [4.69, 9.17) is 0 Å². The summed E-state index contributed by atoms with van der Waals surface area (Å²) in [5.74, 6) is -0.755. The maximum Gasteiger partial charge on any atom is 0.264 e. The predicted octanol–water partition coefficient (Wildman–Crippen LogP) is 6.67. The third-order valence-electron chi connectivity index (χ3n) is 8.25. The quantitative estimate of drug-likeness (QED) is 0.177. The number of rotatable bonds is 13. The van der Waals surface area contributed by atoms with Gasteiger partial charge in [0.05, 0.1) is 10.6 Å². The van der Waals surface area contributed by atoms with Gasteiger partial charge in [-0.15, -0.1) is 0 Å². The first-order chi connectivity index (χ1) is 21.9. The number of hydrogen-bond acceptors (Lipinski definition) is 4. The van der Waals surface area contributed by atoms with E-state index in [2.05, 4.69) is 5.32 Å². The Morgan fingerprint density at radius 1 is 0.761 bits per heavy atom. The van der Waals surface area contributed by atoms with Crippen molar-refractivity contribution in [3.63, 3.8) is 0 Å². The summed E-state index contributed by atoms with van der Waals surface area (Å²) < 4.78 is 29.8. The van der Waals surface area contributed by atoms with E-state index in [0.29, 0.717) is 5.69 Å². The highest BCUT2D eigenvalue weighted by atomic mass is 32.2. The summed E-state index contributed by atoms with van der Waals surface area (Å²) in [6.07, 6.45) is 1.000. The summed E-state index contributed by atoms with van der Waals surface area (Å²) in [6.45, 7) is 11.2. The fourth-order valence-corrected chi connectivity index (χ4v) is 6.80. The van der Waals surface area contributed by atoms with Crippen LogP contribution < -0.4 is 9.62 Å². The van der Waals surface area contributed by atoms with E-state index in [1.807, 2.05) is 108 Å². The summed E-state index contributed by atoms with van der Waals surface area (Å²) in [7, 11) is -4.16. The maximum atomic E-state index is 14.6. The van der Waals surface area contributed by atoms with E-state index >= 15 is 0 Å². The molecule has 0 saturated carbocycles.